The maximum Gasteiger partial charge on any atom is 0.257 e. The van der Waals surface area contributed by atoms with Crippen LogP contribution >= 0.6 is 27.3 Å². The third-order valence-corrected chi connectivity index (χ3v) is 4.63. The zero-order valence-electron chi connectivity index (χ0n) is 11.8. The first-order chi connectivity index (χ1) is 10.6. The number of halogens is 1. The van der Waals surface area contributed by atoms with Crippen LogP contribution in [-0.2, 0) is 0 Å². The molecule has 0 saturated carbocycles. The summed E-state index contributed by atoms with van der Waals surface area (Å²) in [6, 6.07) is 15.2. The number of anilines is 1. The van der Waals surface area contributed by atoms with Crippen molar-refractivity contribution in [3.05, 3.63) is 69.6 Å². The molecule has 3 aromatic rings. The molecule has 0 bridgehead atoms. The van der Waals surface area contributed by atoms with E-state index in [1.54, 1.807) is 11.3 Å². The van der Waals surface area contributed by atoms with E-state index in [4.69, 9.17) is 0 Å². The molecule has 0 aliphatic heterocycles. The van der Waals surface area contributed by atoms with Gasteiger partial charge in [-0.05, 0) is 54.8 Å². The van der Waals surface area contributed by atoms with Gasteiger partial charge in [-0.25, -0.2) is 0 Å². The number of hydrogen-bond donors (Lipinski definition) is 1. The Bertz CT molecular complexity index is 798. The first-order valence-corrected chi connectivity index (χ1v) is 8.39. The van der Waals surface area contributed by atoms with Crippen LogP contribution in [0.25, 0.3) is 10.6 Å². The SMILES string of the molecule is Cc1nc(-c2cccs2)ccc1C(=O)Nc1ccc(Br)cc1. The summed E-state index contributed by atoms with van der Waals surface area (Å²) in [5.74, 6) is -0.148. The average molecular weight is 373 g/mol. The van der Waals surface area contributed by atoms with Gasteiger partial charge in [0, 0.05) is 10.2 Å². The molecule has 5 heteroatoms. The molecule has 2 aromatic heterocycles. The number of carbonyl (C=O) groups is 1. The third kappa shape index (κ3) is 3.26. The van der Waals surface area contributed by atoms with Crippen molar-refractivity contribution >= 4 is 38.9 Å². The Hall–Kier alpha value is -1.98. The normalized spacial score (nSPS) is 10.5. The quantitative estimate of drug-likeness (QED) is 0.691. The molecule has 3 nitrogen and oxygen atoms in total. The molecule has 1 N–H and O–H groups in total. The van der Waals surface area contributed by atoms with E-state index < -0.39 is 0 Å². The maximum absolute atomic E-state index is 12.4. The number of nitrogens with zero attached hydrogens (tertiary/aromatic N) is 1. The van der Waals surface area contributed by atoms with Crippen molar-refractivity contribution in [2.45, 2.75) is 6.92 Å². The van der Waals surface area contributed by atoms with Crippen molar-refractivity contribution in [2.75, 3.05) is 5.32 Å². The molecular weight excluding hydrogens is 360 g/mol. The number of pyridine rings is 1. The van der Waals surface area contributed by atoms with Gasteiger partial charge in [-0.3, -0.25) is 9.78 Å². The third-order valence-electron chi connectivity index (χ3n) is 3.21. The lowest BCUT2D eigenvalue weighted by Gasteiger charge is -2.08. The van der Waals surface area contributed by atoms with E-state index in [1.165, 1.54) is 0 Å². The van der Waals surface area contributed by atoms with Gasteiger partial charge in [0.25, 0.3) is 5.91 Å². The molecule has 3 rings (SSSR count). The fourth-order valence-electron chi connectivity index (χ4n) is 2.09. The van der Waals surface area contributed by atoms with Crippen LogP contribution < -0.4 is 5.32 Å². The highest BCUT2D eigenvalue weighted by atomic mass is 79.9. The highest BCUT2D eigenvalue weighted by Gasteiger charge is 2.12. The molecule has 0 radical (unpaired) electrons. The highest BCUT2D eigenvalue weighted by Crippen LogP contribution is 2.24. The van der Waals surface area contributed by atoms with Crippen LogP contribution in [0.1, 0.15) is 16.1 Å². The number of nitrogens with one attached hydrogen (secondary N) is 1. The second kappa shape index (κ2) is 6.42. The number of amides is 1. The van der Waals surface area contributed by atoms with Crippen LogP contribution in [0.15, 0.2) is 58.4 Å². The summed E-state index contributed by atoms with van der Waals surface area (Å²) in [5.41, 5.74) is 2.96. The highest BCUT2D eigenvalue weighted by molar-refractivity contribution is 9.10. The topological polar surface area (TPSA) is 42.0 Å². The molecule has 22 heavy (non-hydrogen) atoms. The van der Waals surface area contributed by atoms with Gasteiger partial charge in [-0.2, -0.15) is 0 Å². The average Bonchev–Trinajstić information content (AvgIpc) is 3.03. The summed E-state index contributed by atoms with van der Waals surface area (Å²) in [4.78, 5) is 18.0. The molecule has 0 aliphatic carbocycles. The number of benzene rings is 1. The number of carbonyl (C=O) groups excluding carboxylic acids is 1. The predicted octanol–water partition coefficient (Wildman–Crippen LogP) is 5.13. The maximum atomic E-state index is 12.4. The summed E-state index contributed by atoms with van der Waals surface area (Å²) in [6.45, 7) is 1.85. The Morgan fingerprint density at radius 2 is 1.91 bits per heavy atom. The van der Waals surface area contributed by atoms with Crippen molar-refractivity contribution in [1.82, 2.24) is 4.98 Å². The van der Waals surface area contributed by atoms with E-state index in [2.05, 4.69) is 26.2 Å². The Balaban J connectivity index is 1.82. The Labute approximate surface area is 141 Å². The summed E-state index contributed by atoms with van der Waals surface area (Å²) < 4.78 is 0.976. The molecule has 0 fully saturated rings. The molecule has 1 amide bonds. The molecule has 110 valence electrons. The van der Waals surface area contributed by atoms with Gasteiger partial charge >= 0.3 is 0 Å². The van der Waals surface area contributed by atoms with Gasteiger partial charge in [0.05, 0.1) is 21.8 Å². The van der Waals surface area contributed by atoms with E-state index in [-0.39, 0.29) is 5.91 Å². The van der Waals surface area contributed by atoms with Gasteiger partial charge < -0.3 is 5.32 Å². The number of rotatable bonds is 3. The van der Waals surface area contributed by atoms with Crippen LogP contribution in [0, 0.1) is 6.92 Å². The van der Waals surface area contributed by atoms with Crippen LogP contribution in [0.3, 0.4) is 0 Å². The van der Waals surface area contributed by atoms with Gasteiger partial charge in [0.2, 0.25) is 0 Å². The second-order valence-electron chi connectivity index (χ2n) is 4.77. The van der Waals surface area contributed by atoms with Crippen LogP contribution in [-0.4, -0.2) is 10.9 Å². The predicted molar refractivity (Wildman–Crippen MR) is 94.4 cm³/mol. The monoisotopic (exact) mass is 372 g/mol. The lowest BCUT2D eigenvalue weighted by Crippen LogP contribution is -2.14. The molecule has 2 heterocycles. The molecular formula is C17H13BrN2OS. The standard InChI is InChI=1S/C17H13BrN2OS/c1-11-14(8-9-15(19-11)16-3-2-10-22-16)17(21)20-13-6-4-12(18)5-7-13/h2-10H,1H3,(H,20,21). The summed E-state index contributed by atoms with van der Waals surface area (Å²) in [6.07, 6.45) is 0. The van der Waals surface area contributed by atoms with Crippen molar-refractivity contribution in [3.8, 4) is 10.6 Å². The minimum absolute atomic E-state index is 0.148. The van der Waals surface area contributed by atoms with E-state index >= 15 is 0 Å². The van der Waals surface area contributed by atoms with Crippen LogP contribution in [0.5, 0.6) is 0 Å². The molecule has 0 unspecified atom stereocenters. The Kier molecular flexibility index (Phi) is 4.36. The summed E-state index contributed by atoms with van der Waals surface area (Å²) in [7, 11) is 0. The van der Waals surface area contributed by atoms with Gasteiger partial charge in [0.1, 0.15) is 0 Å². The summed E-state index contributed by atoms with van der Waals surface area (Å²) >= 11 is 5.01. The number of thiophene rings is 1. The first-order valence-electron chi connectivity index (χ1n) is 6.72. The van der Waals surface area contributed by atoms with E-state index in [1.807, 2.05) is 60.8 Å². The zero-order valence-corrected chi connectivity index (χ0v) is 14.2. The second-order valence-corrected chi connectivity index (χ2v) is 6.63. The van der Waals surface area contributed by atoms with Crippen LogP contribution in [0.4, 0.5) is 5.69 Å². The van der Waals surface area contributed by atoms with E-state index in [0.29, 0.717) is 5.56 Å². The van der Waals surface area contributed by atoms with Crippen molar-refractivity contribution in [3.63, 3.8) is 0 Å². The zero-order chi connectivity index (χ0) is 15.5. The van der Waals surface area contributed by atoms with Crippen molar-refractivity contribution < 1.29 is 4.79 Å². The molecule has 0 saturated heterocycles. The Morgan fingerprint density at radius 3 is 2.55 bits per heavy atom. The lowest BCUT2D eigenvalue weighted by molar-refractivity contribution is 0.102. The summed E-state index contributed by atoms with van der Waals surface area (Å²) in [5, 5.41) is 4.90. The van der Waals surface area contributed by atoms with E-state index in [0.717, 1.165) is 26.4 Å². The van der Waals surface area contributed by atoms with Gasteiger partial charge in [-0.15, -0.1) is 11.3 Å². The minimum Gasteiger partial charge on any atom is -0.322 e. The number of aryl methyl sites for hydroxylation is 1. The van der Waals surface area contributed by atoms with Crippen LogP contribution in [0.2, 0.25) is 0 Å². The largest absolute Gasteiger partial charge is 0.322 e. The first kappa shape index (κ1) is 14.9. The minimum atomic E-state index is -0.148. The fourth-order valence-corrected chi connectivity index (χ4v) is 3.05. The van der Waals surface area contributed by atoms with Crippen molar-refractivity contribution in [1.29, 1.82) is 0 Å². The van der Waals surface area contributed by atoms with Gasteiger partial charge in [0.15, 0.2) is 0 Å². The lowest BCUT2D eigenvalue weighted by atomic mass is 10.1. The molecule has 1 aromatic carbocycles. The fraction of sp³-hybridized carbons (Fsp3) is 0.0588. The molecule has 0 spiro atoms. The van der Waals surface area contributed by atoms with Crippen molar-refractivity contribution in [2.24, 2.45) is 0 Å². The van der Waals surface area contributed by atoms with E-state index in [9.17, 15) is 4.79 Å². The number of hydrogen-bond acceptors (Lipinski definition) is 3. The Morgan fingerprint density at radius 1 is 1.14 bits per heavy atom. The molecule has 0 atom stereocenters. The molecule has 0 aliphatic rings. The van der Waals surface area contributed by atoms with Gasteiger partial charge in [-0.1, -0.05) is 22.0 Å². The smallest absolute Gasteiger partial charge is 0.257 e. The number of aromatic nitrogens is 1.